The maximum Gasteiger partial charge on any atom is 0.122 e. The Balaban J connectivity index is 0.884. The summed E-state index contributed by atoms with van der Waals surface area (Å²) in [7, 11) is 0. The van der Waals surface area contributed by atoms with Crippen molar-refractivity contribution in [1.82, 2.24) is 14.5 Å². The molecule has 0 unspecified atom stereocenters. The third-order valence-electron chi connectivity index (χ3n) is 16.7. The van der Waals surface area contributed by atoms with E-state index in [0.29, 0.717) is 0 Å². The molecule has 0 saturated carbocycles. The van der Waals surface area contributed by atoms with Gasteiger partial charge in [0, 0.05) is 35.1 Å². The average molecular weight is 1040 g/mol. The predicted octanol–water partition coefficient (Wildman–Crippen LogP) is 18.6. The van der Waals surface area contributed by atoms with Crippen molar-refractivity contribution in [3.05, 3.63) is 367 Å². The molecule has 0 N–H and O–H groups in total. The summed E-state index contributed by atoms with van der Waals surface area (Å²) in [6, 6.07) is 108. The fraction of sp³-hybridized carbons (Fsp3) is 0.0263. The SMILES string of the molecule is c1ccc(-n2c(-c3ccc(N(c4cccnc4)c4ccc5c(c4)C(c4ccccc4)(c4ccccc4)c4ccccc4-5)cc3)ccc2N(c2cccnc2)c2ccc3c(c2)C(c2ccccc2)(c2ccccc2)c2ccccc2-3)cc1. The zero-order chi connectivity index (χ0) is 53.7. The molecule has 2 aliphatic rings. The highest BCUT2D eigenvalue weighted by Gasteiger charge is 2.48. The lowest BCUT2D eigenvalue weighted by atomic mass is 9.67. The van der Waals surface area contributed by atoms with Crippen LogP contribution in [-0.2, 0) is 10.8 Å². The minimum atomic E-state index is -0.569. The van der Waals surface area contributed by atoms with E-state index in [0.717, 1.165) is 51.2 Å². The molecule has 0 bridgehead atoms. The summed E-state index contributed by atoms with van der Waals surface area (Å²) in [6.45, 7) is 0. The normalized spacial score (nSPS) is 13.1. The van der Waals surface area contributed by atoms with Gasteiger partial charge >= 0.3 is 0 Å². The van der Waals surface area contributed by atoms with Crippen LogP contribution in [0, 0.1) is 0 Å². The van der Waals surface area contributed by atoms with Crippen molar-refractivity contribution in [3.63, 3.8) is 0 Å². The molecule has 0 saturated heterocycles. The molecule has 0 spiro atoms. The molecule has 0 fully saturated rings. The molecule has 15 rings (SSSR count). The number of benzene rings is 10. The molecule has 3 heterocycles. The summed E-state index contributed by atoms with van der Waals surface area (Å²) in [6.07, 6.45) is 7.61. The van der Waals surface area contributed by atoms with Gasteiger partial charge in [-0.2, -0.15) is 0 Å². The summed E-state index contributed by atoms with van der Waals surface area (Å²) in [5, 5.41) is 0. The third kappa shape index (κ3) is 7.54. The second-order valence-electron chi connectivity index (χ2n) is 20.9. The molecule has 0 atom stereocenters. The Labute approximate surface area is 472 Å². The monoisotopic (exact) mass is 1040 g/mol. The van der Waals surface area contributed by atoms with Gasteiger partial charge in [0.25, 0.3) is 0 Å². The lowest BCUT2D eigenvalue weighted by molar-refractivity contribution is 0.768. The van der Waals surface area contributed by atoms with Gasteiger partial charge in [0.1, 0.15) is 5.82 Å². The number of hydrogen-bond donors (Lipinski definition) is 0. The Morgan fingerprint density at radius 2 is 0.679 bits per heavy atom. The number of hydrogen-bond acceptors (Lipinski definition) is 4. The number of rotatable bonds is 12. The van der Waals surface area contributed by atoms with Crippen LogP contribution < -0.4 is 9.80 Å². The molecule has 2 aliphatic carbocycles. The molecule has 382 valence electrons. The summed E-state index contributed by atoms with van der Waals surface area (Å²) < 4.78 is 2.38. The smallest absolute Gasteiger partial charge is 0.122 e. The number of aromatic nitrogens is 3. The topological polar surface area (TPSA) is 37.2 Å². The predicted molar refractivity (Wildman–Crippen MR) is 331 cm³/mol. The Hall–Kier alpha value is -10.6. The first-order valence-corrected chi connectivity index (χ1v) is 27.7. The van der Waals surface area contributed by atoms with Crippen molar-refractivity contribution in [2.45, 2.75) is 10.8 Å². The number of fused-ring (bicyclic) bond motifs is 6. The van der Waals surface area contributed by atoms with Crippen LogP contribution in [0.2, 0.25) is 0 Å². The molecule has 5 nitrogen and oxygen atoms in total. The lowest BCUT2D eigenvalue weighted by Gasteiger charge is -2.35. The Morgan fingerprint density at radius 3 is 1.14 bits per heavy atom. The molecular weight excluding hydrogens is 983 g/mol. The van der Waals surface area contributed by atoms with Crippen LogP contribution in [0.25, 0.3) is 39.2 Å². The maximum atomic E-state index is 4.74. The van der Waals surface area contributed by atoms with Gasteiger partial charge in [0.2, 0.25) is 0 Å². The van der Waals surface area contributed by atoms with Crippen molar-refractivity contribution in [2.75, 3.05) is 9.80 Å². The van der Waals surface area contributed by atoms with Crippen LogP contribution in [0.1, 0.15) is 44.5 Å². The average Bonchev–Trinajstić information content (AvgIpc) is 3.26. The van der Waals surface area contributed by atoms with Crippen LogP contribution in [0.5, 0.6) is 0 Å². The molecule has 81 heavy (non-hydrogen) atoms. The highest BCUT2D eigenvalue weighted by Crippen LogP contribution is 2.59. The van der Waals surface area contributed by atoms with Gasteiger partial charge in [0.15, 0.2) is 0 Å². The first-order valence-electron chi connectivity index (χ1n) is 27.7. The van der Waals surface area contributed by atoms with E-state index in [4.69, 9.17) is 4.98 Å². The van der Waals surface area contributed by atoms with Crippen molar-refractivity contribution >= 4 is 34.3 Å². The minimum absolute atomic E-state index is 0.545. The van der Waals surface area contributed by atoms with E-state index in [1.807, 2.05) is 36.9 Å². The molecular formula is C76H53N5. The van der Waals surface area contributed by atoms with Gasteiger partial charge in [-0.25, -0.2) is 0 Å². The summed E-state index contributed by atoms with van der Waals surface area (Å²) in [5.74, 6) is 0.977. The maximum absolute atomic E-state index is 4.74. The highest BCUT2D eigenvalue weighted by atomic mass is 15.3. The molecule has 3 aromatic heterocycles. The summed E-state index contributed by atoms with van der Waals surface area (Å²) >= 11 is 0. The third-order valence-corrected chi connectivity index (χ3v) is 16.7. The van der Waals surface area contributed by atoms with Gasteiger partial charge < -0.3 is 4.90 Å². The van der Waals surface area contributed by atoms with Crippen molar-refractivity contribution < 1.29 is 0 Å². The first-order chi connectivity index (χ1) is 40.2. The molecule has 5 heteroatoms. The van der Waals surface area contributed by atoms with E-state index in [1.54, 1.807) is 0 Å². The molecule has 0 amide bonds. The molecule has 0 radical (unpaired) electrons. The van der Waals surface area contributed by atoms with E-state index in [9.17, 15) is 0 Å². The van der Waals surface area contributed by atoms with Crippen molar-refractivity contribution in [2.24, 2.45) is 0 Å². The zero-order valence-corrected chi connectivity index (χ0v) is 44.3. The van der Waals surface area contributed by atoms with Crippen molar-refractivity contribution in [1.29, 1.82) is 0 Å². The summed E-state index contributed by atoms with van der Waals surface area (Å²) in [5.41, 5.74) is 21.9. The Bertz CT molecular complexity index is 4300. The Morgan fingerprint density at radius 1 is 0.284 bits per heavy atom. The molecule has 13 aromatic rings. The van der Waals surface area contributed by atoms with Crippen LogP contribution >= 0.6 is 0 Å². The lowest BCUT2D eigenvalue weighted by Crippen LogP contribution is -2.28. The Kier molecular flexibility index (Phi) is 11.6. The van der Waals surface area contributed by atoms with Crippen LogP contribution in [-0.4, -0.2) is 14.5 Å². The molecule has 10 aromatic carbocycles. The van der Waals surface area contributed by atoms with Gasteiger partial charge in [-0.05, 0) is 157 Å². The zero-order valence-electron chi connectivity index (χ0n) is 44.3. The fourth-order valence-electron chi connectivity index (χ4n) is 13.4. The van der Waals surface area contributed by atoms with Crippen LogP contribution in [0.4, 0.5) is 34.3 Å². The molecule has 0 aliphatic heterocycles. The van der Waals surface area contributed by atoms with Crippen LogP contribution in [0.3, 0.4) is 0 Å². The number of anilines is 6. The summed E-state index contributed by atoms with van der Waals surface area (Å²) in [4.78, 5) is 14.1. The number of pyridine rings is 2. The first kappa shape index (κ1) is 47.6. The second kappa shape index (κ2) is 19.7. The quantitative estimate of drug-likeness (QED) is 0.122. The van der Waals surface area contributed by atoms with E-state index in [2.05, 4.69) is 304 Å². The van der Waals surface area contributed by atoms with E-state index in [-0.39, 0.29) is 0 Å². The number of para-hydroxylation sites is 1. The largest absolute Gasteiger partial charge is 0.309 e. The van der Waals surface area contributed by atoms with Gasteiger partial charge in [-0.1, -0.05) is 212 Å². The second-order valence-corrected chi connectivity index (χ2v) is 20.9. The fourth-order valence-corrected chi connectivity index (χ4v) is 13.4. The van der Waals surface area contributed by atoms with Gasteiger partial charge in [-0.3, -0.25) is 19.4 Å². The standard InChI is InChI=1S/C76H53N5/c1-6-22-55(23-7-1)75(56-24-8-2-9-25-56)69-36-18-16-34-65(69)67-44-42-61(50-71(67)75)79(63-32-20-48-77-52-63)60-40-38-54(39-41-60)73-46-47-74(81(73)59-30-14-5-15-31-59)80(64-33-21-49-78-53-64)62-43-45-68-66-35-17-19-37-70(66)76(72(68)51-62,57-26-10-3-11-27-57)58-28-12-4-13-29-58/h1-53H. The highest BCUT2D eigenvalue weighted by molar-refractivity contribution is 5.92. The van der Waals surface area contributed by atoms with Crippen LogP contribution in [0.15, 0.2) is 322 Å². The van der Waals surface area contributed by atoms with Gasteiger partial charge in [0.05, 0.1) is 40.3 Å². The van der Waals surface area contributed by atoms with E-state index >= 15 is 0 Å². The minimum Gasteiger partial charge on any atom is -0.309 e. The van der Waals surface area contributed by atoms with Crippen molar-refractivity contribution in [3.8, 4) is 39.2 Å². The van der Waals surface area contributed by atoms with Gasteiger partial charge in [-0.15, -0.1) is 0 Å². The number of nitrogens with zero attached hydrogens (tertiary/aromatic N) is 5. The van der Waals surface area contributed by atoms with E-state index in [1.165, 1.54) is 66.8 Å². The van der Waals surface area contributed by atoms with E-state index < -0.39 is 10.8 Å².